The number of aryl methyl sites for hydroxylation is 1. The van der Waals surface area contributed by atoms with Gasteiger partial charge in [-0.3, -0.25) is 4.79 Å². The molecule has 0 saturated heterocycles. The molecule has 0 aliphatic rings. The van der Waals surface area contributed by atoms with Crippen LogP contribution >= 0.6 is 0 Å². The summed E-state index contributed by atoms with van der Waals surface area (Å²) < 4.78 is 37.1. The van der Waals surface area contributed by atoms with Crippen molar-refractivity contribution < 1.29 is 22.7 Å². The number of hydrogen-bond acceptors (Lipinski definition) is 5. The van der Waals surface area contributed by atoms with E-state index in [-0.39, 0.29) is 10.8 Å². The number of methoxy groups -OCH3 is 2. The summed E-state index contributed by atoms with van der Waals surface area (Å²) in [7, 11) is 1.35. The number of carbonyl (C=O) groups is 1. The standard InChI is InChI=1S/C22H30N2O5S/c1-6-24(7-2)30(26,27)19-12-8-17(9-13-19)10-15-22(25)23(3)18-11-14-20(28-4)21(16-18)29-5/h8-9,11-14,16H,6-7,10,15H2,1-5H3. The zero-order valence-electron chi connectivity index (χ0n) is 18.2. The molecule has 0 N–H and O–H groups in total. The van der Waals surface area contributed by atoms with Crippen molar-refractivity contribution in [1.82, 2.24) is 4.31 Å². The van der Waals surface area contributed by atoms with Gasteiger partial charge in [-0.15, -0.1) is 0 Å². The van der Waals surface area contributed by atoms with Gasteiger partial charge in [0, 0.05) is 38.3 Å². The average Bonchev–Trinajstić information content (AvgIpc) is 2.77. The number of hydrogen-bond donors (Lipinski definition) is 0. The summed E-state index contributed by atoms with van der Waals surface area (Å²) in [6.07, 6.45) is 0.815. The lowest BCUT2D eigenvalue weighted by molar-refractivity contribution is -0.118. The fraction of sp³-hybridized carbons (Fsp3) is 0.409. The van der Waals surface area contributed by atoms with Crippen LogP contribution < -0.4 is 14.4 Å². The molecule has 0 unspecified atom stereocenters. The number of amides is 1. The molecule has 0 heterocycles. The topological polar surface area (TPSA) is 76.2 Å². The summed E-state index contributed by atoms with van der Waals surface area (Å²) in [5.74, 6) is 1.10. The monoisotopic (exact) mass is 434 g/mol. The summed E-state index contributed by atoms with van der Waals surface area (Å²) in [6.45, 7) is 4.49. The highest BCUT2D eigenvalue weighted by Crippen LogP contribution is 2.31. The number of rotatable bonds is 10. The summed E-state index contributed by atoms with van der Waals surface area (Å²) in [5.41, 5.74) is 1.61. The first-order chi connectivity index (χ1) is 14.3. The molecule has 1 amide bonds. The maximum atomic E-state index is 12.6. The smallest absolute Gasteiger partial charge is 0.243 e. The molecule has 0 radical (unpaired) electrons. The number of nitrogens with zero attached hydrogens (tertiary/aromatic N) is 2. The molecule has 30 heavy (non-hydrogen) atoms. The van der Waals surface area contributed by atoms with Gasteiger partial charge in [-0.1, -0.05) is 26.0 Å². The van der Waals surface area contributed by atoms with E-state index >= 15 is 0 Å². The summed E-state index contributed by atoms with van der Waals surface area (Å²) in [5, 5.41) is 0. The van der Waals surface area contributed by atoms with Crippen LogP contribution in [0.2, 0.25) is 0 Å². The van der Waals surface area contributed by atoms with Crippen LogP contribution in [0.3, 0.4) is 0 Å². The van der Waals surface area contributed by atoms with Crippen molar-refractivity contribution in [2.24, 2.45) is 0 Å². The van der Waals surface area contributed by atoms with E-state index < -0.39 is 10.0 Å². The lowest BCUT2D eigenvalue weighted by atomic mass is 10.1. The average molecular weight is 435 g/mol. The van der Waals surface area contributed by atoms with Gasteiger partial charge in [-0.2, -0.15) is 4.31 Å². The van der Waals surface area contributed by atoms with Crippen molar-refractivity contribution >= 4 is 21.6 Å². The molecule has 2 aromatic carbocycles. The molecule has 0 fully saturated rings. The molecule has 2 rings (SSSR count). The Kier molecular flexibility index (Phi) is 8.25. The van der Waals surface area contributed by atoms with Gasteiger partial charge in [0.05, 0.1) is 19.1 Å². The predicted octanol–water partition coefficient (Wildman–Crippen LogP) is 3.33. The van der Waals surface area contributed by atoms with E-state index in [4.69, 9.17) is 9.47 Å². The summed E-state index contributed by atoms with van der Waals surface area (Å²) in [4.78, 5) is 14.5. The Morgan fingerprint density at radius 1 is 0.933 bits per heavy atom. The van der Waals surface area contributed by atoms with Crippen molar-refractivity contribution in [3.05, 3.63) is 48.0 Å². The highest BCUT2D eigenvalue weighted by molar-refractivity contribution is 7.89. The molecule has 0 aliphatic heterocycles. The maximum Gasteiger partial charge on any atom is 0.243 e. The molecule has 0 spiro atoms. The van der Waals surface area contributed by atoms with Gasteiger partial charge >= 0.3 is 0 Å². The van der Waals surface area contributed by atoms with Crippen molar-refractivity contribution in [2.75, 3.05) is 39.3 Å². The molecule has 0 bridgehead atoms. The van der Waals surface area contributed by atoms with Crippen LogP contribution in [0.4, 0.5) is 5.69 Å². The molecule has 0 atom stereocenters. The Bertz CT molecular complexity index is 954. The largest absolute Gasteiger partial charge is 0.493 e. The van der Waals surface area contributed by atoms with E-state index in [1.807, 2.05) is 13.8 Å². The SMILES string of the molecule is CCN(CC)S(=O)(=O)c1ccc(CCC(=O)N(C)c2ccc(OC)c(OC)c2)cc1. The third-order valence-electron chi connectivity index (χ3n) is 5.02. The molecule has 164 valence electrons. The van der Waals surface area contributed by atoms with Crippen molar-refractivity contribution in [2.45, 2.75) is 31.6 Å². The number of ether oxygens (including phenoxy) is 2. The van der Waals surface area contributed by atoms with E-state index in [1.165, 1.54) is 4.31 Å². The third-order valence-corrected chi connectivity index (χ3v) is 7.09. The van der Waals surface area contributed by atoms with E-state index in [9.17, 15) is 13.2 Å². The molecule has 8 heteroatoms. The number of sulfonamides is 1. The first-order valence-electron chi connectivity index (χ1n) is 9.86. The Morgan fingerprint density at radius 2 is 1.53 bits per heavy atom. The van der Waals surface area contributed by atoms with Gasteiger partial charge in [0.15, 0.2) is 11.5 Å². The van der Waals surface area contributed by atoms with Crippen molar-refractivity contribution in [1.29, 1.82) is 0 Å². The zero-order valence-corrected chi connectivity index (χ0v) is 19.0. The second kappa shape index (κ2) is 10.4. The fourth-order valence-electron chi connectivity index (χ4n) is 3.14. The van der Waals surface area contributed by atoms with E-state index in [1.54, 1.807) is 68.6 Å². The zero-order chi connectivity index (χ0) is 22.3. The molecule has 0 aromatic heterocycles. The Labute approximate surface area is 179 Å². The number of carbonyl (C=O) groups excluding carboxylic acids is 1. The minimum atomic E-state index is -3.48. The van der Waals surface area contributed by atoms with Crippen molar-refractivity contribution in [3.63, 3.8) is 0 Å². The normalized spacial score (nSPS) is 11.4. The second-order valence-electron chi connectivity index (χ2n) is 6.73. The van der Waals surface area contributed by atoms with Crippen LogP contribution in [0.1, 0.15) is 25.8 Å². The van der Waals surface area contributed by atoms with E-state index in [0.29, 0.717) is 43.1 Å². The van der Waals surface area contributed by atoms with E-state index in [2.05, 4.69) is 0 Å². The van der Waals surface area contributed by atoms with Gasteiger partial charge in [-0.05, 0) is 36.2 Å². The molecule has 0 saturated carbocycles. The number of benzene rings is 2. The molecular formula is C22H30N2O5S. The van der Waals surface area contributed by atoms with Crippen LogP contribution in [0.25, 0.3) is 0 Å². The van der Waals surface area contributed by atoms with Gasteiger partial charge < -0.3 is 14.4 Å². The van der Waals surface area contributed by atoms with Crippen LogP contribution in [0, 0.1) is 0 Å². The second-order valence-corrected chi connectivity index (χ2v) is 8.66. The van der Waals surface area contributed by atoms with Crippen molar-refractivity contribution in [3.8, 4) is 11.5 Å². The fourth-order valence-corrected chi connectivity index (χ4v) is 4.60. The molecule has 0 aliphatic carbocycles. The first-order valence-corrected chi connectivity index (χ1v) is 11.3. The summed E-state index contributed by atoms with van der Waals surface area (Å²) >= 11 is 0. The Balaban J connectivity index is 2.04. The number of anilines is 1. The minimum Gasteiger partial charge on any atom is -0.493 e. The third kappa shape index (κ3) is 5.31. The van der Waals surface area contributed by atoms with Crippen LogP contribution in [-0.4, -0.2) is 53.0 Å². The quantitative estimate of drug-likeness (QED) is 0.573. The van der Waals surface area contributed by atoms with Gasteiger partial charge in [-0.25, -0.2) is 8.42 Å². The highest BCUT2D eigenvalue weighted by Gasteiger charge is 2.21. The highest BCUT2D eigenvalue weighted by atomic mass is 32.2. The predicted molar refractivity (Wildman–Crippen MR) is 118 cm³/mol. The molecular weight excluding hydrogens is 404 g/mol. The maximum absolute atomic E-state index is 12.6. The lowest BCUT2D eigenvalue weighted by Crippen LogP contribution is -2.30. The Hall–Kier alpha value is -2.58. The van der Waals surface area contributed by atoms with Crippen LogP contribution in [0.5, 0.6) is 11.5 Å². The van der Waals surface area contributed by atoms with Gasteiger partial charge in [0.1, 0.15) is 0 Å². The van der Waals surface area contributed by atoms with Crippen LogP contribution in [0.15, 0.2) is 47.4 Å². The van der Waals surface area contributed by atoms with E-state index in [0.717, 1.165) is 5.56 Å². The molecule has 7 nitrogen and oxygen atoms in total. The van der Waals surface area contributed by atoms with Gasteiger partial charge in [0.25, 0.3) is 0 Å². The molecule has 2 aromatic rings. The lowest BCUT2D eigenvalue weighted by Gasteiger charge is -2.19. The Morgan fingerprint density at radius 3 is 2.07 bits per heavy atom. The summed E-state index contributed by atoms with van der Waals surface area (Å²) in [6, 6.07) is 12.0. The van der Waals surface area contributed by atoms with Crippen LogP contribution in [-0.2, 0) is 21.2 Å². The van der Waals surface area contributed by atoms with Gasteiger partial charge in [0.2, 0.25) is 15.9 Å². The first kappa shape index (κ1) is 23.7. The minimum absolute atomic E-state index is 0.0536.